The van der Waals surface area contributed by atoms with Gasteiger partial charge in [0.1, 0.15) is 11.6 Å². The van der Waals surface area contributed by atoms with Gasteiger partial charge in [-0.2, -0.15) is 0 Å². The predicted octanol–water partition coefficient (Wildman–Crippen LogP) is 1.70. The predicted molar refractivity (Wildman–Crippen MR) is 81.8 cm³/mol. The minimum atomic E-state index is 0.554. The zero-order valence-corrected chi connectivity index (χ0v) is 12.8. The van der Waals surface area contributed by atoms with Crippen molar-refractivity contribution in [1.82, 2.24) is 14.9 Å². The van der Waals surface area contributed by atoms with Crippen molar-refractivity contribution in [2.24, 2.45) is 0 Å². The van der Waals surface area contributed by atoms with Gasteiger partial charge in [0.05, 0.1) is 0 Å². The smallest absolute Gasteiger partial charge is 0.191 e. The summed E-state index contributed by atoms with van der Waals surface area (Å²) in [5.74, 6) is 1.51. The highest BCUT2D eigenvalue weighted by molar-refractivity contribution is 7.98. The normalized spacial score (nSPS) is 18.6. The number of rotatable bonds is 4. The molecule has 0 amide bonds. The Morgan fingerprint density at radius 1 is 1.32 bits per heavy atom. The minimum absolute atomic E-state index is 0.554. The third-order valence-electron chi connectivity index (χ3n) is 3.75. The van der Waals surface area contributed by atoms with Crippen molar-refractivity contribution in [3.63, 3.8) is 0 Å². The molecule has 1 unspecified atom stereocenters. The zero-order chi connectivity index (χ0) is 13.8. The summed E-state index contributed by atoms with van der Waals surface area (Å²) in [4.78, 5) is 13.6. The zero-order valence-electron chi connectivity index (χ0n) is 12.0. The topological polar surface area (TPSA) is 58.3 Å². The molecule has 0 bridgehead atoms. The number of hydrogen-bond acceptors (Lipinski definition) is 6. The summed E-state index contributed by atoms with van der Waals surface area (Å²) < 4.78 is 0. The molecule has 6 heteroatoms. The molecule has 0 saturated carbocycles. The van der Waals surface area contributed by atoms with Gasteiger partial charge in [-0.15, -0.1) is 0 Å². The molecule has 2 heterocycles. The third kappa shape index (κ3) is 3.51. The Morgan fingerprint density at radius 2 is 2.00 bits per heavy atom. The summed E-state index contributed by atoms with van der Waals surface area (Å²) in [6, 6.07) is 2.54. The molecule has 1 fully saturated rings. The summed E-state index contributed by atoms with van der Waals surface area (Å²) in [6.45, 7) is 8.74. The lowest BCUT2D eigenvalue weighted by atomic mass is 10.2. The van der Waals surface area contributed by atoms with Gasteiger partial charge < -0.3 is 10.6 Å². The second-order valence-corrected chi connectivity index (χ2v) is 5.69. The monoisotopic (exact) mass is 281 g/mol. The molecule has 1 atom stereocenters. The molecule has 106 valence electrons. The summed E-state index contributed by atoms with van der Waals surface area (Å²) in [5.41, 5.74) is 5.84. The van der Waals surface area contributed by atoms with Gasteiger partial charge in [0.2, 0.25) is 0 Å². The average Bonchev–Trinajstić information content (AvgIpc) is 2.46. The maximum Gasteiger partial charge on any atom is 0.191 e. The van der Waals surface area contributed by atoms with Crippen LogP contribution < -0.4 is 10.6 Å². The molecule has 1 aromatic rings. The molecule has 0 radical (unpaired) electrons. The van der Waals surface area contributed by atoms with E-state index in [9.17, 15) is 0 Å². The molecule has 2 N–H and O–H groups in total. The molecule has 1 aliphatic heterocycles. The fourth-order valence-electron chi connectivity index (χ4n) is 2.33. The molecule has 2 rings (SSSR count). The Hall–Kier alpha value is -1.01. The second-order valence-electron chi connectivity index (χ2n) is 4.92. The molecule has 19 heavy (non-hydrogen) atoms. The average molecular weight is 281 g/mol. The fraction of sp³-hybridized carbons (Fsp3) is 0.692. The third-order valence-corrected chi connectivity index (χ3v) is 4.29. The van der Waals surface area contributed by atoms with E-state index in [1.165, 1.54) is 18.2 Å². The van der Waals surface area contributed by atoms with Crippen molar-refractivity contribution in [1.29, 1.82) is 0 Å². The molecule has 0 spiro atoms. The summed E-state index contributed by atoms with van der Waals surface area (Å²) in [5, 5.41) is 0.749. The highest BCUT2D eigenvalue weighted by Crippen LogP contribution is 2.20. The quantitative estimate of drug-likeness (QED) is 0.669. The van der Waals surface area contributed by atoms with E-state index in [0.717, 1.165) is 37.2 Å². The molecular weight excluding hydrogens is 258 g/mol. The summed E-state index contributed by atoms with van der Waals surface area (Å²) >= 11 is 1.53. The highest BCUT2D eigenvalue weighted by atomic mass is 32.2. The highest BCUT2D eigenvalue weighted by Gasteiger charge is 2.21. The van der Waals surface area contributed by atoms with Crippen LogP contribution in [-0.2, 0) is 0 Å². The maximum atomic E-state index is 5.84. The number of nitrogen functional groups attached to an aromatic ring is 1. The molecular formula is C13H23N5S. The van der Waals surface area contributed by atoms with Gasteiger partial charge in [-0.25, -0.2) is 9.97 Å². The number of anilines is 2. The lowest BCUT2D eigenvalue weighted by Gasteiger charge is -2.38. The van der Waals surface area contributed by atoms with Crippen LogP contribution in [0, 0.1) is 0 Å². The van der Waals surface area contributed by atoms with Gasteiger partial charge in [-0.3, -0.25) is 4.90 Å². The van der Waals surface area contributed by atoms with E-state index in [2.05, 4.69) is 33.6 Å². The first-order valence-corrected chi connectivity index (χ1v) is 8.04. The SMILES string of the molecule is CCC(C)N1CCN(c2cc(N)nc(SC)n2)CC1. The van der Waals surface area contributed by atoms with Crippen molar-refractivity contribution in [3.05, 3.63) is 6.07 Å². The molecule has 1 aliphatic rings. The van der Waals surface area contributed by atoms with E-state index < -0.39 is 0 Å². The van der Waals surface area contributed by atoms with Crippen LogP contribution >= 0.6 is 11.8 Å². The fourth-order valence-corrected chi connectivity index (χ4v) is 2.72. The van der Waals surface area contributed by atoms with Gasteiger partial charge in [0.15, 0.2) is 5.16 Å². The van der Waals surface area contributed by atoms with Crippen molar-refractivity contribution >= 4 is 23.4 Å². The maximum absolute atomic E-state index is 5.84. The van der Waals surface area contributed by atoms with Crippen molar-refractivity contribution < 1.29 is 0 Å². The van der Waals surface area contributed by atoms with Gasteiger partial charge in [0.25, 0.3) is 0 Å². The molecule has 1 aromatic heterocycles. The van der Waals surface area contributed by atoms with Crippen molar-refractivity contribution in [3.8, 4) is 0 Å². The minimum Gasteiger partial charge on any atom is -0.383 e. The second kappa shape index (κ2) is 6.43. The Morgan fingerprint density at radius 3 is 2.58 bits per heavy atom. The number of hydrogen-bond donors (Lipinski definition) is 1. The van der Waals surface area contributed by atoms with Gasteiger partial charge in [0, 0.05) is 38.3 Å². The van der Waals surface area contributed by atoms with E-state index in [1.54, 1.807) is 0 Å². The van der Waals surface area contributed by atoms with E-state index in [0.29, 0.717) is 11.9 Å². The van der Waals surface area contributed by atoms with Crippen molar-refractivity contribution in [2.45, 2.75) is 31.5 Å². The standard InChI is InChI=1S/C13H23N5S/c1-4-10(2)17-5-7-18(8-6-17)12-9-11(14)15-13(16-12)19-3/h9-10H,4-8H2,1-3H3,(H2,14,15,16). The largest absolute Gasteiger partial charge is 0.383 e. The molecule has 0 aromatic carbocycles. The van der Waals surface area contributed by atoms with Gasteiger partial charge >= 0.3 is 0 Å². The van der Waals surface area contributed by atoms with Crippen LogP contribution in [0.25, 0.3) is 0 Å². The Kier molecular flexibility index (Phi) is 4.87. The summed E-state index contributed by atoms with van der Waals surface area (Å²) in [6.07, 6.45) is 3.18. The Balaban J connectivity index is 2.03. The first-order valence-electron chi connectivity index (χ1n) is 6.81. The molecule has 1 saturated heterocycles. The van der Waals surface area contributed by atoms with E-state index in [-0.39, 0.29) is 0 Å². The Labute approximate surface area is 119 Å². The van der Waals surface area contributed by atoms with Crippen LogP contribution in [0.3, 0.4) is 0 Å². The van der Waals surface area contributed by atoms with Crippen LogP contribution in [0.2, 0.25) is 0 Å². The van der Waals surface area contributed by atoms with Crippen LogP contribution in [0.15, 0.2) is 11.2 Å². The lowest BCUT2D eigenvalue weighted by Crippen LogP contribution is -2.49. The van der Waals surface area contributed by atoms with E-state index in [4.69, 9.17) is 5.73 Å². The summed E-state index contributed by atoms with van der Waals surface area (Å²) in [7, 11) is 0. The van der Waals surface area contributed by atoms with E-state index in [1.807, 2.05) is 12.3 Å². The molecule has 5 nitrogen and oxygen atoms in total. The molecule has 0 aliphatic carbocycles. The lowest BCUT2D eigenvalue weighted by molar-refractivity contribution is 0.192. The van der Waals surface area contributed by atoms with Crippen LogP contribution in [0.1, 0.15) is 20.3 Å². The van der Waals surface area contributed by atoms with Crippen LogP contribution in [0.4, 0.5) is 11.6 Å². The van der Waals surface area contributed by atoms with Gasteiger partial charge in [-0.05, 0) is 19.6 Å². The first kappa shape index (κ1) is 14.4. The Bertz CT molecular complexity index is 417. The number of nitrogens with two attached hydrogens (primary N) is 1. The van der Waals surface area contributed by atoms with Gasteiger partial charge in [-0.1, -0.05) is 18.7 Å². The van der Waals surface area contributed by atoms with Crippen LogP contribution in [0.5, 0.6) is 0 Å². The van der Waals surface area contributed by atoms with Crippen molar-refractivity contribution in [2.75, 3.05) is 43.1 Å². The van der Waals surface area contributed by atoms with E-state index >= 15 is 0 Å². The number of piperazine rings is 1. The number of thioether (sulfide) groups is 1. The number of nitrogens with zero attached hydrogens (tertiary/aromatic N) is 4. The van der Waals surface area contributed by atoms with Crippen LogP contribution in [-0.4, -0.2) is 53.3 Å². The number of aromatic nitrogens is 2. The first-order chi connectivity index (χ1) is 9.13.